The Balaban J connectivity index is 2.17. The lowest BCUT2D eigenvalue weighted by atomic mass is 10.1. The SMILES string of the molecule is COc1ccc(C=NNC(N)=S)cc1COc1cccc(C)c1C. The van der Waals surface area contributed by atoms with Gasteiger partial charge in [0, 0.05) is 5.56 Å². The molecule has 0 bridgehead atoms. The molecular weight excluding hydrogens is 322 g/mol. The Morgan fingerprint density at radius 2 is 2.04 bits per heavy atom. The van der Waals surface area contributed by atoms with Crippen molar-refractivity contribution in [1.82, 2.24) is 5.43 Å². The molecule has 0 fully saturated rings. The number of benzene rings is 2. The van der Waals surface area contributed by atoms with E-state index >= 15 is 0 Å². The number of methoxy groups -OCH3 is 1. The zero-order chi connectivity index (χ0) is 17.5. The molecule has 0 aliphatic heterocycles. The van der Waals surface area contributed by atoms with Gasteiger partial charge in [0.2, 0.25) is 0 Å². The molecule has 6 heteroatoms. The number of nitrogens with one attached hydrogen (secondary N) is 1. The molecule has 0 radical (unpaired) electrons. The summed E-state index contributed by atoms with van der Waals surface area (Å²) >= 11 is 4.71. The number of nitrogens with two attached hydrogens (primary N) is 1. The van der Waals surface area contributed by atoms with Crippen LogP contribution in [-0.2, 0) is 6.61 Å². The first kappa shape index (κ1) is 17.7. The average Bonchev–Trinajstić information content (AvgIpc) is 2.56. The van der Waals surface area contributed by atoms with Gasteiger partial charge in [0.15, 0.2) is 5.11 Å². The van der Waals surface area contributed by atoms with E-state index in [9.17, 15) is 0 Å². The molecule has 126 valence electrons. The Morgan fingerprint density at radius 1 is 1.25 bits per heavy atom. The fraction of sp³-hybridized carbons (Fsp3) is 0.222. The molecule has 0 aliphatic carbocycles. The fourth-order valence-corrected chi connectivity index (χ4v) is 2.25. The van der Waals surface area contributed by atoms with Crippen LogP contribution in [0.2, 0.25) is 0 Å². The lowest BCUT2D eigenvalue weighted by Crippen LogP contribution is -2.24. The Labute approximate surface area is 147 Å². The summed E-state index contributed by atoms with van der Waals surface area (Å²) < 4.78 is 11.4. The van der Waals surface area contributed by atoms with Crippen molar-refractivity contribution in [3.8, 4) is 11.5 Å². The van der Waals surface area contributed by atoms with E-state index in [1.165, 1.54) is 5.56 Å². The van der Waals surface area contributed by atoms with Gasteiger partial charge in [-0.25, -0.2) is 0 Å². The summed E-state index contributed by atoms with van der Waals surface area (Å²) in [5.41, 5.74) is 12.0. The van der Waals surface area contributed by atoms with Crippen LogP contribution in [0, 0.1) is 13.8 Å². The summed E-state index contributed by atoms with van der Waals surface area (Å²) in [6, 6.07) is 11.7. The van der Waals surface area contributed by atoms with Gasteiger partial charge < -0.3 is 15.2 Å². The minimum atomic E-state index is 0.123. The highest BCUT2D eigenvalue weighted by molar-refractivity contribution is 7.80. The topological polar surface area (TPSA) is 68.9 Å². The predicted molar refractivity (Wildman–Crippen MR) is 101 cm³/mol. The molecule has 0 atom stereocenters. The zero-order valence-electron chi connectivity index (χ0n) is 14.0. The van der Waals surface area contributed by atoms with Gasteiger partial charge in [-0.2, -0.15) is 5.10 Å². The van der Waals surface area contributed by atoms with E-state index in [0.717, 1.165) is 28.2 Å². The van der Waals surface area contributed by atoms with E-state index in [1.54, 1.807) is 13.3 Å². The Kier molecular flexibility index (Phi) is 6.14. The third-order valence-electron chi connectivity index (χ3n) is 3.63. The van der Waals surface area contributed by atoms with Gasteiger partial charge in [-0.3, -0.25) is 5.43 Å². The zero-order valence-corrected chi connectivity index (χ0v) is 14.8. The fourth-order valence-electron chi connectivity index (χ4n) is 2.20. The third kappa shape index (κ3) is 4.70. The normalized spacial score (nSPS) is 10.6. The Hall–Kier alpha value is -2.60. The largest absolute Gasteiger partial charge is 0.496 e. The molecular formula is C18H21N3O2S. The summed E-state index contributed by atoms with van der Waals surface area (Å²) in [5.74, 6) is 1.63. The number of nitrogens with zero attached hydrogens (tertiary/aromatic N) is 1. The molecule has 2 aromatic carbocycles. The summed E-state index contributed by atoms with van der Waals surface area (Å²) in [7, 11) is 1.64. The van der Waals surface area contributed by atoms with Crippen LogP contribution in [0.5, 0.6) is 11.5 Å². The van der Waals surface area contributed by atoms with Gasteiger partial charge in [-0.15, -0.1) is 0 Å². The van der Waals surface area contributed by atoms with Gasteiger partial charge in [0.1, 0.15) is 18.1 Å². The van der Waals surface area contributed by atoms with E-state index in [4.69, 9.17) is 27.4 Å². The number of hydrogen-bond donors (Lipinski definition) is 2. The van der Waals surface area contributed by atoms with Crippen molar-refractivity contribution in [3.05, 3.63) is 58.7 Å². The van der Waals surface area contributed by atoms with Crippen molar-refractivity contribution < 1.29 is 9.47 Å². The van der Waals surface area contributed by atoms with Crippen LogP contribution in [0.1, 0.15) is 22.3 Å². The standard InChI is InChI=1S/C18H21N3O2S/c1-12-5-4-6-16(13(12)2)23-11-15-9-14(7-8-17(15)22-3)10-20-21-18(19)24/h4-10H,11H2,1-3H3,(H3,19,21,24). The van der Waals surface area contributed by atoms with Crippen molar-refractivity contribution in [3.63, 3.8) is 0 Å². The second-order valence-corrected chi connectivity index (χ2v) is 5.73. The van der Waals surface area contributed by atoms with Gasteiger partial charge in [-0.1, -0.05) is 12.1 Å². The monoisotopic (exact) mass is 343 g/mol. The maximum absolute atomic E-state index is 5.96. The van der Waals surface area contributed by atoms with Crippen LogP contribution in [0.4, 0.5) is 0 Å². The second-order valence-electron chi connectivity index (χ2n) is 5.29. The molecule has 24 heavy (non-hydrogen) atoms. The minimum absolute atomic E-state index is 0.123. The van der Waals surface area contributed by atoms with Gasteiger partial charge >= 0.3 is 0 Å². The Morgan fingerprint density at radius 3 is 2.75 bits per heavy atom. The number of rotatable bonds is 6. The second kappa shape index (κ2) is 8.31. The molecule has 0 spiro atoms. The minimum Gasteiger partial charge on any atom is -0.496 e. The van der Waals surface area contributed by atoms with Gasteiger partial charge in [-0.05, 0) is 67.0 Å². The first-order valence-corrected chi connectivity index (χ1v) is 7.86. The first-order chi connectivity index (χ1) is 11.5. The molecule has 0 aliphatic rings. The summed E-state index contributed by atoms with van der Waals surface area (Å²) in [4.78, 5) is 0. The molecule has 0 heterocycles. The molecule has 0 saturated carbocycles. The number of ether oxygens (including phenoxy) is 2. The number of aryl methyl sites for hydroxylation is 1. The lowest BCUT2D eigenvalue weighted by Gasteiger charge is -2.13. The van der Waals surface area contributed by atoms with Crippen LogP contribution in [0.3, 0.4) is 0 Å². The molecule has 0 saturated heterocycles. The van der Waals surface area contributed by atoms with Crippen molar-refractivity contribution in [2.24, 2.45) is 10.8 Å². The summed E-state index contributed by atoms with van der Waals surface area (Å²) in [6.45, 7) is 4.51. The molecule has 0 amide bonds. The highest BCUT2D eigenvalue weighted by Gasteiger charge is 2.07. The molecule has 2 rings (SSSR count). The van der Waals surface area contributed by atoms with Crippen molar-refractivity contribution in [2.75, 3.05) is 7.11 Å². The van der Waals surface area contributed by atoms with Crippen LogP contribution in [0.15, 0.2) is 41.5 Å². The molecule has 0 aromatic heterocycles. The van der Waals surface area contributed by atoms with Crippen LogP contribution < -0.4 is 20.6 Å². The van der Waals surface area contributed by atoms with Crippen LogP contribution in [-0.4, -0.2) is 18.4 Å². The quantitative estimate of drug-likeness (QED) is 0.479. The predicted octanol–water partition coefficient (Wildman–Crippen LogP) is 3.06. The van der Waals surface area contributed by atoms with Gasteiger partial charge in [0.25, 0.3) is 0 Å². The van der Waals surface area contributed by atoms with Gasteiger partial charge in [0.05, 0.1) is 13.3 Å². The maximum Gasteiger partial charge on any atom is 0.184 e. The van der Waals surface area contributed by atoms with E-state index in [2.05, 4.69) is 23.5 Å². The summed E-state index contributed by atoms with van der Waals surface area (Å²) in [6.07, 6.45) is 1.64. The molecule has 0 unspecified atom stereocenters. The highest BCUT2D eigenvalue weighted by Crippen LogP contribution is 2.25. The lowest BCUT2D eigenvalue weighted by molar-refractivity contribution is 0.294. The van der Waals surface area contributed by atoms with E-state index < -0.39 is 0 Å². The van der Waals surface area contributed by atoms with E-state index in [1.807, 2.05) is 37.3 Å². The number of hydrazone groups is 1. The van der Waals surface area contributed by atoms with Crippen molar-refractivity contribution >= 4 is 23.5 Å². The van der Waals surface area contributed by atoms with E-state index in [0.29, 0.717) is 6.61 Å². The number of hydrogen-bond acceptors (Lipinski definition) is 4. The third-order valence-corrected chi connectivity index (χ3v) is 3.72. The maximum atomic E-state index is 5.96. The number of thiocarbonyl (C=S) groups is 1. The molecule has 3 N–H and O–H groups in total. The van der Waals surface area contributed by atoms with Crippen LogP contribution >= 0.6 is 12.2 Å². The summed E-state index contributed by atoms with van der Waals surface area (Å²) in [5, 5.41) is 4.08. The molecule has 2 aromatic rings. The van der Waals surface area contributed by atoms with Crippen LogP contribution in [0.25, 0.3) is 0 Å². The average molecular weight is 343 g/mol. The van der Waals surface area contributed by atoms with E-state index in [-0.39, 0.29) is 5.11 Å². The Bertz CT molecular complexity index is 760. The molecule has 5 nitrogen and oxygen atoms in total. The van der Waals surface area contributed by atoms with Crippen molar-refractivity contribution in [2.45, 2.75) is 20.5 Å². The van der Waals surface area contributed by atoms with Crippen molar-refractivity contribution in [1.29, 1.82) is 0 Å². The highest BCUT2D eigenvalue weighted by atomic mass is 32.1. The smallest absolute Gasteiger partial charge is 0.184 e. The first-order valence-electron chi connectivity index (χ1n) is 7.45.